The Morgan fingerprint density at radius 3 is 2.11 bits per heavy atom. The molecule has 0 aliphatic heterocycles. The minimum atomic E-state index is 0. The van der Waals surface area contributed by atoms with Crippen LogP contribution >= 0.6 is 35.3 Å². The van der Waals surface area contributed by atoms with E-state index in [0.717, 1.165) is 0 Å². The molecule has 0 unspecified atom stereocenters. The third kappa shape index (κ3) is 12.1. The van der Waals surface area contributed by atoms with Crippen LogP contribution in [0.1, 0.15) is 0 Å². The number of rotatable bonds is 0. The Morgan fingerprint density at radius 1 is 1.44 bits per heavy atom. The molecule has 9 heavy (non-hydrogen) atoms. The van der Waals surface area contributed by atoms with E-state index in [-0.39, 0.29) is 47.0 Å². The minimum Gasteiger partial charge on any atom is -0.697 e. The maximum atomic E-state index is 5.25. The van der Waals surface area contributed by atoms with Crippen LogP contribution in [0.4, 0.5) is 0 Å². The van der Waals surface area contributed by atoms with Crippen LogP contribution in [0.5, 0.6) is 0 Å². The van der Waals surface area contributed by atoms with Gasteiger partial charge in [0.1, 0.15) is 0 Å². The van der Waals surface area contributed by atoms with E-state index in [1.165, 1.54) is 0 Å². The minimum absolute atomic E-state index is 0. The largest absolute Gasteiger partial charge is 2.00 e. The van der Waals surface area contributed by atoms with Gasteiger partial charge in [-0.15, -0.1) is 29.4 Å². The van der Waals surface area contributed by atoms with Gasteiger partial charge in [-0.25, -0.2) is 6.07 Å². The van der Waals surface area contributed by atoms with Crippen molar-refractivity contribution in [2.45, 2.75) is 0 Å². The predicted octanol–water partition coefficient (Wildman–Crippen LogP) is 1.99. The summed E-state index contributed by atoms with van der Waals surface area (Å²) in [6, 6.07) is 3.86. The van der Waals surface area contributed by atoms with Crippen molar-refractivity contribution >= 4 is 58.4 Å². The summed E-state index contributed by atoms with van der Waals surface area (Å²) in [7, 11) is 0. The molecule has 0 spiro atoms. The molecule has 1 rings (SSSR count). The first-order valence-electron chi connectivity index (χ1n) is 1.68. The molecule has 0 radical (unpaired) electrons. The molecule has 0 aliphatic rings. The molecule has 0 saturated heterocycles. The molecule has 0 fully saturated rings. The molecule has 0 nitrogen and oxygen atoms in total. The first-order valence-corrected chi connectivity index (χ1v) is 2.56. The Labute approximate surface area is 93.2 Å². The predicted molar refractivity (Wildman–Crippen MR) is 52.5 cm³/mol. The number of terminal acetylenes is 1. The van der Waals surface area contributed by atoms with Gasteiger partial charge < -0.3 is 24.2 Å². The van der Waals surface area contributed by atoms with Crippen LogP contribution in [-0.2, 0) is 0 Å². The van der Waals surface area contributed by atoms with Crippen LogP contribution < -0.4 is 0 Å². The number of thiophene rings is 1. The van der Waals surface area contributed by atoms with Crippen molar-refractivity contribution < 1.29 is 0 Å². The number of hydrogen-bond donors (Lipinski definition) is 0. The molecule has 3 heteroatoms. The fourth-order valence-electron chi connectivity index (χ4n) is 0.196. The summed E-state index contributed by atoms with van der Waals surface area (Å²) >= 11 is 1.59. The van der Waals surface area contributed by atoms with Crippen molar-refractivity contribution in [3.05, 3.63) is 29.3 Å². The zero-order valence-electron chi connectivity index (χ0n) is 4.83. The quantitative estimate of drug-likeness (QED) is 0.290. The van der Waals surface area contributed by atoms with Crippen molar-refractivity contribution in [2.24, 2.45) is 0 Å². The van der Waals surface area contributed by atoms with E-state index in [4.69, 9.17) is 6.42 Å². The first-order chi connectivity index (χ1) is 3.50. The fraction of sp³-hybridized carbons (Fsp3) is 0. The summed E-state index contributed by atoms with van der Waals surface area (Å²) in [6.45, 7) is 0. The normalized spacial score (nSPS) is 4.67. The fourth-order valence-corrected chi connectivity index (χ4v) is 0.589. The van der Waals surface area contributed by atoms with E-state index < -0.39 is 0 Å². The zero-order valence-corrected chi connectivity index (χ0v) is 9.39. The molecule has 1 aromatic rings. The number of hydrogen-bond acceptors (Lipinski definition) is 1. The third-order valence-corrected chi connectivity index (χ3v) is 0.944. The summed E-state index contributed by atoms with van der Waals surface area (Å²) in [5.41, 5.74) is 0. The van der Waals surface area contributed by atoms with Gasteiger partial charge in [-0.05, 0) is 0 Å². The summed E-state index contributed by atoms with van der Waals surface area (Å²) < 4.78 is 0. The van der Waals surface area contributed by atoms with Crippen molar-refractivity contribution in [3.63, 3.8) is 0 Å². The molecule has 44 valence electrons. The monoisotopic (exact) mass is 260 g/mol. The first kappa shape index (κ1) is 16.4. The molecule has 0 N–H and O–H groups in total. The summed E-state index contributed by atoms with van der Waals surface area (Å²) in [6.07, 6.45) is 9.00. The Hall–Kier alpha value is 0.756. The van der Waals surface area contributed by atoms with E-state index in [2.05, 4.69) is 11.8 Å². The summed E-state index contributed by atoms with van der Waals surface area (Å²) in [5, 5.41) is 4.89. The van der Waals surface area contributed by atoms with Crippen LogP contribution in [0, 0.1) is 18.2 Å². The maximum absolute atomic E-state index is 5.25. The van der Waals surface area contributed by atoms with Gasteiger partial charge >= 0.3 is 23.1 Å². The van der Waals surface area contributed by atoms with Gasteiger partial charge in [0.25, 0.3) is 0 Å². The Bertz CT molecular complexity index is 96.6. The average molecular weight is 260 g/mol. The Balaban J connectivity index is -0.0000000836. The van der Waals surface area contributed by atoms with Crippen molar-refractivity contribution in [3.8, 4) is 6.42 Å². The van der Waals surface area contributed by atoms with Crippen molar-refractivity contribution in [2.75, 3.05) is 0 Å². The second-order valence-electron chi connectivity index (χ2n) is 0.731. The second kappa shape index (κ2) is 15.9. The molecule has 1 heterocycles. The van der Waals surface area contributed by atoms with Gasteiger partial charge in [0.2, 0.25) is 0 Å². The standard InChI is InChI=1S/C4H3S.C2H.HI.Mg/c1-2-4-5-3-1;1-2;;/h1-3H;1H;1H;/q2*-1;;+2. The van der Waals surface area contributed by atoms with E-state index in [0.29, 0.717) is 0 Å². The average Bonchev–Trinajstić information content (AvgIpc) is 2.23. The Morgan fingerprint density at radius 2 is 2.00 bits per heavy atom. The second-order valence-corrected chi connectivity index (χ2v) is 1.47. The van der Waals surface area contributed by atoms with Crippen LogP contribution in [0.25, 0.3) is 0 Å². The molecule has 1 aromatic heterocycles. The van der Waals surface area contributed by atoms with Crippen molar-refractivity contribution in [1.82, 2.24) is 0 Å². The van der Waals surface area contributed by atoms with Gasteiger partial charge in [0.05, 0.1) is 0 Å². The van der Waals surface area contributed by atoms with Gasteiger partial charge in [-0.1, -0.05) is 0 Å². The van der Waals surface area contributed by atoms with E-state index >= 15 is 0 Å². The smallest absolute Gasteiger partial charge is 0.697 e. The zero-order chi connectivity index (χ0) is 5.54. The summed E-state index contributed by atoms with van der Waals surface area (Å²) in [5.74, 6) is 0. The molecule has 0 aromatic carbocycles. The van der Waals surface area contributed by atoms with Crippen LogP contribution in [-0.4, -0.2) is 23.1 Å². The molecule has 0 bridgehead atoms. The van der Waals surface area contributed by atoms with Crippen LogP contribution in [0.15, 0.2) is 17.5 Å². The maximum Gasteiger partial charge on any atom is 2.00 e. The SMILES string of the molecule is I.[C-]#C.[Mg+2].[c-]1cccs1. The molecule has 0 atom stereocenters. The van der Waals surface area contributed by atoms with Gasteiger partial charge in [0.15, 0.2) is 0 Å². The van der Waals surface area contributed by atoms with Gasteiger partial charge in [-0.2, -0.15) is 11.4 Å². The molecular formula is C6H5IMgS. The molecule has 0 amide bonds. The van der Waals surface area contributed by atoms with Crippen LogP contribution in [0.2, 0.25) is 0 Å². The molecule has 0 aliphatic carbocycles. The summed E-state index contributed by atoms with van der Waals surface area (Å²) in [4.78, 5) is 0. The molecule has 0 saturated carbocycles. The Kier molecular flexibility index (Phi) is 28.9. The van der Waals surface area contributed by atoms with Gasteiger partial charge in [-0.3, -0.25) is 0 Å². The number of halogens is 1. The van der Waals surface area contributed by atoms with E-state index in [1.807, 2.05) is 17.5 Å². The molecular weight excluding hydrogens is 255 g/mol. The van der Waals surface area contributed by atoms with Gasteiger partial charge in [0, 0.05) is 0 Å². The van der Waals surface area contributed by atoms with Crippen molar-refractivity contribution in [1.29, 1.82) is 0 Å². The topological polar surface area (TPSA) is 0 Å². The third-order valence-electron chi connectivity index (χ3n) is 0.379. The van der Waals surface area contributed by atoms with E-state index in [9.17, 15) is 0 Å². The van der Waals surface area contributed by atoms with Crippen LogP contribution in [0.3, 0.4) is 0 Å². The van der Waals surface area contributed by atoms with E-state index in [1.54, 1.807) is 11.3 Å².